The second kappa shape index (κ2) is 3.57. The fourth-order valence-electron chi connectivity index (χ4n) is 0.768. The molecule has 1 aromatic rings. The molecule has 60 valence electrons. The lowest BCUT2D eigenvalue weighted by Gasteiger charge is -1.95. The van der Waals surface area contributed by atoms with Gasteiger partial charge in [0.2, 0.25) is 0 Å². The average Bonchev–Trinajstić information content (AvgIpc) is 2.03. The predicted octanol–water partition coefficient (Wildman–Crippen LogP) is 2.59. The molecule has 0 bridgehead atoms. The highest BCUT2D eigenvalue weighted by Crippen LogP contribution is 2.15. The second-order valence-corrected chi connectivity index (χ2v) is 2.89. The summed E-state index contributed by atoms with van der Waals surface area (Å²) in [4.78, 5) is 10.7. The Morgan fingerprint density at radius 2 is 2.08 bits per heavy atom. The number of hydrogen-bond acceptors (Lipinski definition) is 2. The lowest BCUT2D eigenvalue weighted by molar-refractivity contribution is 0.108. The zero-order valence-corrected chi connectivity index (χ0v) is 7.36. The predicted molar refractivity (Wildman–Crippen MR) is 46.4 cm³/mol. The maximum Gasteiger partial charge on any atom is 0.252 e. The second-order valence-electron chi connectivity index (χ2n) is 2.11. The van der Waals surface area contributed by atoms with Crippen molar-refractivity contribution in [1.82, 2.24) is 0 Å². The molecule has 1 aromatic carbocycles. The quantitative estimate of drug-likeness (QED) is 0.653. The molecule has 0 N–H and O–H groups in total. The van der Waals surface area contributed by atoms with Crippen LogP contribution < -0.4 is 0 Å². The minimum absolute atomic E-state index is 0.237. The van der Waals surface area contributed by atoms with Gasteiger partial charge in [-0.3, -0.25) is 4.79 Å². The van der Waals surface area contributed by atoms with Gasteiger partial charge in [-0.15, -0.1) is 0 Å². The Bertz CT molecular complexity index is 368. The zero-order valence-electron chi connectivity index (χ0n) is 5.84. The summed E-state index contributed by atoms with van der Waals surface area (Å²) in [5.41, 5.74) is 0.562. The summed E-state index contributed by atoms with van der Waals surface area (Å²) in [6.07, 6.45) is 0. The Labute approximate surface area is 79.3 Å². The van der Waals surface area contributed by atoms with Crippen molar-refractivity contribution in [3.05, 3.63) is 34.3 Å². The van der Waals surface area contributed by atoms with Crippen molar-refractivity contribution in [3.63, 3.8) is 0 Å². The van der Waals surface area contributed by atoms with Crippen LogP contribution in [0.1, 0.15) is 15.9 Å². The number of hydrogen-bond donors (Lipinski definition) is 0. The molecule has 0 unspecified atom stereocenters. The van der Waals surface area contributed by atoms with E-state index in [1.165, 1.54) is 18.2 Å². The molecular formula is C8H3Cl2NO. The van der Waals surface area contributed by atoms with Crippen molar-refractivity contribution >= 4 is 28.4 Å². The Balaban J connectivity index is 3.26. The third-order valence-corrected chi connectivity index (χ3v) is 1.69. The van der Waals surface area contributed by atoms with E-state index in [0.717, 1.165) is 0 Å². The molecular weight excluding hydrogens is 197 g/mol. The van der Waals surface area contributed by atoms with Gasteiger partial charge in [0.25, 0.3) is 5.24 Å². The fourth-order valence-corrected chi connectivity index (χ4v) is 1.11. The van der Waals surface area contributed by atoms with Crippen molar-refractivity contribution in [1.29, 1.82) is 5.26 Å². The van der Waals surface area contributed by atoms with Crippen molar-refractivity contribution in [3.8, 4) is 6.07 Å². The molecule has 2 nitrogen and oxygen atoms in total. The van der Waals surface area contributed by atoms with Gasteiger partial charge >= 0.3 is 0 Å². The number of halogens is 2. The summed E-state index contributed by atoms with van der Waals surface area (Å²) in [6, 6.07) is 6.14. The number of rotatable bonds is 1. The highest BCUT2D eigenvalue weighted by Gasteiger charge is 2.04. The van der Waals surface area contributed by atoms with Gasteiger partial charge in [0.15, 0.2) is 0 Å². The minimum atomic E-state index is -0.617. The van der Waals surface area contributed by atoms with Gasteiger partial charge in [-0.05, 0) is 29.8 Å². The Morgan fingerprint density at radius 3 is 2.58 bits per heavy atom. The lowest BCUT2D eigenvalue weighted by Crippen LogP contribution is -1.89. The van der Waals surface area contributed by atoms with E-state index < -0.39 is 5.24 Å². The highest BCUT2D eigenvalue weighted by molar-refractivity contribution is 6.67. The normalized spacial score (nSPS) is 9.08. The Morgan fingerprint density at radius 1 is 1.42 bits per heavy atom. The van der Waals surface area contributed by atoms with Gasteiger partial charge in [0.1, 0.15) is 0 Å². The summed E-state index contributed by atoms with van der Waals surface area (Å²) in [5, 5.41) is 8.22. The largest absolute Gasteiger partial charge is 0.276 e. The van der Waals surface area contributed by atoms with E-state index in [9.17, 15) is 4.79 Å². The molecule has 0 atom stereocenters. The molecule has 0 heterocycles. The summed E-state index contributed by atoms with van der Waals surface area (Å²) in [5.74, 6) is 0. The first-order valence-corrected chi connectivity index (χ1v) is 3.79. The number of carbonyl (C=O) groups is 1. The van der Waals surface area contributed by atoms with Crippen molar-refractivity contribution < 1.29 is 4.79 Å². The van der Waals surface area contributed by atoms with Crippen LogP contribution in [0.3, 0.4) is 0 Å². The van der Waals surface area contributed by atoms with Crippen LogP contribution in [-0.4, -0.2) is 5.24 Å². The average molecular weight is 200 g/mol. The minimum Gasteiger partial charge on any atom is -0.276 e. The summed E-state index contributed by atoms with van der Waals surface area (Å²) in [7, 11) is 0. The lowest BCUT2D eigenvalue weighted by atomic mass is 10.1. The van der Waals surface area contributed by atoms with E-state index in [1.807, 2.05) is 6.07 Å². The van der Waals surface area contributed by atoms with Gasteiger partial charge in [-0.2, -0.15) is 5.26 Å². The zero-order chi connectivity index (χ0) is 9.14. The van der Waals surface area contributed by atoms with E-state index in [2.05, 4.69) is 0 Å². The van der Waals surface area contributed by atoms with Gasteiger partial charge < -0.3 is 0 Å². The first-order valence-electron chi connectivity index (χ1n) is 3.04. The van der Waals surface area contributed by atoms with Crippen LogP contribution in [0.4, 0.5) is 0 Å². The SMILES string of the molecule is N#Cc1cc(Cl)cc(C(=O)Cl)c1. The van der Waals surface area contributed by atoms with Crippen molar-refractivity contribution in [2.24, 2.45) is 0 Å². The van der Waals surface area contributed by atoms with Crippen LogP contribution in [0.15, 0.2) is 18.2 Å². The monoisotopic (exact) mass is 199 g/mol. The molecule has 0 fully saturated rings. The molecule has 0 aromatic heterocycles. The van der Waals surface area contributed by atoms with Crippen LogP contribution in [0.2, 0.25) is 5.02 Å². The molecule has 0 aliphatic carbocycles. The summed E-state index contributed by atoms with van der Waals surface area (Å²) >= 11 is 10.8. The van der Waals surface area contributed by atoms with Crippen molar-refractivity contribution in [2.75, 3.05) is 0 Å². The standard InChI is InChI=1S/C8H3Cl2NO/c9-7-2-5(4-11)1-6(3-7)8(10)12/h1-3H. The first-order chi connectivity index (χ1) is 5.63. The van der Waals surface area contributed by atoms with E-state index in [-0.39, 0.29) is 5.56 Å². The first kappa shape index (κ1) is 9.05. The Kier molecular flexibility index (Phi) is 2.69. The molecule has 0 saturated carbocycles. The fraction of sp³-hybridized carbons (Fsp3) is 0. The van der Waals surface area contributed by atoms with Crippen LogP contribution in [0, 0.1) is 11.3 Å². The number of carbonyl (C=O) groups excluding carboxylic acids is 1. The molecule has 0 aliphatic rings. The van der Waals surface area contributed by atoms with Crippen LogP contribution in [-0.2, 0) is 0 Å². The number of benzene rings is 1. The van der Waals surface area contributed by atoms with Gasteiger partial charge in [0, 0.05) is 10.6 Å². The molecule has 0 amide bonds. The molecule has 0 radical (unpaired) electrons. The molecule has 0 spiro atoms. The van der Waals surface area contributed by atoms with Crippen LogP contribution >= 0.6 is 23.2 Å². The summed E-state index contributed by atoms with van der Waals surface area (Å²) < 4.78 is 0. The molecule has 0 aliphatic heterocycles. The van der Waals surface area contributed by atoms with Gasteiger partial charge in [0.05, 0.1) is 11.6 Å². The number of nitriles is 1. The maximum absolute atomic E-state index is 10.7. The third kappa shape index (κ3) is 1.97. The van der Waals surface area contributed by atoms with E-state index in [0.29, 0.717) is 10.6 Å². The highest BCUT2D eigenvalue weighted by atomic mass is 35.5. The topological polar surface area (TPSA) is 40.9 Å². The Hall–Kier alpha value is -1.04. The van der Waals surface area contributed by atoms with Gasteiger partial charge in [-0.1, -0.05) is 11.6 Å². The molecule has 12 heavy (non-hydrogen) atoms. The van der Waals surface area contributed by atoms with Crippen molar-refractivity contribution in [2.45, 2.75) is 0 Å². The maximum atomic E-state index is 10.7. The van der Waals surface area contributed by atoms with Crippen LogP contribution in [0.5, 0.6) is 0 Å². The van der Waals surface area contributed by atoms with E-state index >= 15 is 0 Å². The smallest absolute Gasteiger partial charge is 0.252 e. The summed E-state index contributed by atoms with van der Waals surface area (Å²) in [6.45, 7) is 0. The molecule has 0 saturated heterocycles. The molecule has 4 heteroatoms. The van der Waals surface area contributed by atoms with E-state index in [4.69, 9.17) is 28.5 Å². The third-order valence-electron chi connectivity index (χ3n) is 1.25. The van der Waals surface area contributed by atoms with E-state index in [1.54, 1.807) is 0 Å². The number of nitrogens with zero attached hydrogens (tertiary/aromatic N) is 1. The van der Waals surface area contributed by atoms with Gasteiger partial charge in [-0.25, -0.2) is 0 Å². The molecule has 1 rings (SSSR count). The van der Waals surface area contributed by atoms with Crippen LogP contribution in [0.25, 0.3) is 0 Å².